The molecule has 1 aliphatic heterocycles. The molecular formula is C24H26N6O3S. The van der Waals surface area contributed by atoms with Gasteiger partial charge >= 0.3 is 0 Å². The van der Waals surface area contributed by atoms with Crippen molar-refractivity contribution in [3.8, 4) is 6.07 Å². The Labute approximate surface area is 197 Å². The first-order chi connectivity index (χ1) is 16.4. The number of aryl methyl sites for hydroxylation is 1. The molecule has 1 N–H and O–H groups in total. The molecule has 0 radical (unpaired) electrons. The maximum absolute atomic E-state index is 13.4. The van der Waals surface area contributed by atoms with Gasteiger partial charge in [0.25, 0.3) is 10.0 Å². The average Bonchev–Trinajstić information content (AvgIpc) is 3.42. The van der Waals surface area contributed by atoms with Crippen LogP contribution in [0.4, 0.5) is 0 Å². The van der Waals surface area contributed by atoms with E-state index in [1.807, 2.05) is 11.6 Å². The van der Waals surface area contributed by atoms with Gasteiger partial charge in [0.2, 0.25) is 0 Å². The zero-order valence-electron chi connectivity index (χ0n) is 18.9. The number of hydrogen-bond acceptors (Lipinski definition) is 7. The van der Waals surface area contributed by atoms with Gasteiger partial charge < -0.3 is 10.1 Å². The number of aliphatic hydroxyl groups excluding tert-OH is 1. The van der Waals surface area contributed by atoms with E-state index < -0.39 is 10.0 Å². The first-order valence-corrected chi connectivity index (χ1v) is 12.8. The molecule has 5 rings (SSSR count). The van der Waals surface area contributed by atoms with E-state index in [1.165, 1.54) is 10.2 Å². The standard InChI is InChI=1S/C24H26N6O3S/c1-17-2-4-19(5-3-17)34(32,33)29-14-9-20-23-21(16-26-24(20)29)27-22(10-15-31)30(23)28-12-7-18(6-11-25)8-13-28/h2-5,9,14,16,18,31H,6-8,10,12-13,15H2,1H3. The molecule has 3 aromatic heterocycles. The fourth-order valence-electron chi connectivity index (χ4n) is 4.70. The van der Waals surface area contributed by atoms with E-state index in [-0.39, 0.29) is 11.5 Å². The van der Waals surface area contributed by atoms with Crippen LogP contribution in [0.1, 0.15) is 30.7 Å². The number of piperidine rings is 1. The van der Waals surface area contributed by atoms with Crippen molar-refractivity contribution in [2.75, 3.05) is 24.7 Å². The highest BCUT2D eigenvalue weighted by molar-refractivity contribution is 7.90. The Balaban J connectivity index is 1.64. The van der Waals surface area contributed by atoms with Crippen molar-refractivity contribution in [1.29, 1.82) is 5.26 Å². The van der Waals surface area contributed by atoms with E-state index in [4.69, 9.17) is 10.2 Å². The molecule has 0 spiro atoms. The molecule has 4 heterocycles. The minimum absolute atomic E-state index is 0.0480. The molecule has 10 heteroatoms. The van der Waals surface area contributed by atoms with Gasteiger partial charge in [-0.15, -0.1) is 0 Å². The lowest BCUT2D eigenvalue weighted by Gasteiger charge is -2.34. The number of pyridine rings is 1. The largest absolute Gasteiger partial charge is 0.396 e. The normalized spacial score (nSPS) is 15.3. The van der Waals surface area contributed by atoms with Gasteiger partial charge in [-0.05, 0) is 43.9 Å². The fraction of sp³-hybridized carbons (Fsp3) is 0.375. The van der Waals surface area contributed by atoms with Crippen LogP contribution >= 0.6 is 0 Å². The summed E-state index contributed by atoms with van der Waals surface area (Å²) in [4.78, 5) is 9.38. The third-order valence-electron chi connectivity index (χ3n) is 6.51. The number of fused-ring (bicyclic) bond motifs is 3. The third kappa shape index (κ3) is 3.71. The van der Waals surface area contributed by atoms with E-state index in [0.717, 1.165) is 37.0 Å². The molecule has 0 atom stereocenters. The van der Waals surface area contributed by atoms with Crippen LogP contribution in [-0.4, -0.2) is 51.8 Å². The van der Waals surface area contributed by atoms with E-state index in [0.29, 0.717) is 41.1 Å². The maximum Gasteiger partial charge on any atom is 0.269 e. The van der Waals surface area contributed by atoms with Gasteiger partial charge in [0.15, 0.2) is 5.65 Å². The number of aliphatic hydroxyl groups is 1. The van der Waals surface area contributed by atoms with Crippen LogP contribution in [0.15, 0.2) is 47.6 Å². The summed E-state index contributed by atoms with van der Waals surface area (Å²) in [7, 11) is -3.82. The zero-order chi connectivity index (χ0) is 23.9. The molecule has 0 amide bonds. The Morgan fingerprint density at radius 2 is 1.91 bits per heavy atom. The summed E-state index contributed by atoms with van der Waals surface area (Å²) in [5, 5.41) is 21.5. The lowest BCUT2D eigenvalue weighted by molar-refractivity contribution is 0.292. The van der Waals surface area contributed by atoms with Gasteiger partial charge in [0, 0.05) is 37.5 Å². The van der Waals surface area contributed by atoms with Crippen LogP contribution in [0.25, 0.3) is 22.1 Å². The van der Waals surface area contributed by atoms with Gasteiger partial charge in [-0.1, -0.05) is 17.7 Å². The van der Waals surface area contributed by atoms with Crippen molar-refractivity contribution in [2.45, 2.75) is 37.5 Å². The fourth-order valence-corrected chi connectivity index (χ4v) is 6.00. The number of aromatic nitrogens is 4. The molecule has 1 aliphatic rings. The number of rotatable bonds is 6. The molecule has 9 nitrogen and oxygen atoms in total. The Kier molecular flexibility index (Phi) is 5.75. The van der Waals surface area contributed by atoms with Crippen molar-refractivity contribution in [3.05, 3.63) is 54.1 Å². The molecule has 0 unspecified atom stereocenters. The molecule has 1 saturated heterocycles. The molecule has 0 bridgehead atoms. The van der Waals surface area contributed by atoms with Crippen molar-refractivity contribution in [3.63, 3.8) is 0 Å². The van der Waals surface area contributed by atoms with Crippen molar-refractivity contribution in [1.82, 2.24) is 18.6 Å². The first-order valence-electron chi connectivity index (χ1n) is 11.4. The smallest absolute Gasteiger partial charge is 0.269 e. The Morgan fingerprint density at radius 3 is 2.59 bits per heavy atom. The molecule has 0 aliphatic carbocycles. The lowest BCUT2D eigenvalue weighted by Crippen LogP contribution is -2.42. The second-order valence-electron chi connectivity index (χ2n) is 8.73. The summed E-state index contributed by atoms with van der Waals surface area (Å²) in [6, 6.07) is 10.8. The quantitative estimate of drug-likeness (QED) is 0.453. The highest BCUT2D eigenvalue weighted by Gasteiger charge is 2.26. The van der Waals surface area contributed by atoms with Gasteiger partial charge in [-0.25, -0.2) is 27.0 Å². The van der Waals surface area contributed by atoms with Crippen molar-refractivity contribution >= 4 is 32.1 Å². The summed E-state index contributed by atoms with van der Waals surface area (Å²) < 4.78 is 30.0. The van der Waals surface area contributed by atoms with E-state index in [9.17, 15) is 13.5 Å². The summed E-state index contributed by atoms with van der Waals surface area (Å²) in [5.74, 6) is 1.08. The molecule has 1 fully saturated rings. The van der Waals surface area contributed by atoms with Gasteiger partial charge in [0.1, 0.15) is 16.9 Å². The van der Waals surface area contributed by atoms with E-state index >= 15 is 0 Å². The van der Waals surface area contributed by atoms with Crippen LogP contribution < -0.4 is 5.01 Å². The van der Waals surface area contributed by atoms with Crippen LogP contribution in [-0.2, 0) is 16.4 Å². The summed E-state index contributed by atoms with van der Waals surface area (Å²) in [6.07, 6.45) is 5.84. The second kappa shape index (κ2) is 8.74. The predicted molar refractivity (Wildman–Crippen MR) is 128 cm³/mol. The predicted octanol–water partition coefficient (Wildman–Crippen LogP) is 2.73. The van der Waals surface area contributed by atoms with Gasteiger partial charge in [-0.3, -0.25) is 0 Å². The topological polar surface area (TPSA) is 117 Å². The Morgan fingerprint density at radius 1 is 1.18 bits per heavy atom. The monoisotopic (exact) mass is 478 g/mol. The molecule has 34 heavy (non-hydrogen) atoms. The van der Waals surface area contributed by atoms with Gasteiger partial charge in [0.05, 0.1) is 23.8 Å². The van der Waals surface area contributed by atoms with Crippen LogP contribution in [0, 0.1) is 24.2 Å². The number of benzene rings is 1. The molecular weight excluding hydrogens is 452 g/mol. The number of hydrogen-bond donors (Lipinski definition) is 1. The summed E-state index contributed by atoms with van der Waals surface area (Å²) >= 11 is 0. The average molecular weight is 479 g/mol. The number of nitrogens with zero attached hydrogens (tertiary/aromatic N) is 6. The Bertz CT molecular complexity index is 1490. The minimum Gasteiger partial charge on any atom is -0.396 e. The van der Waals surface area contributed by atoms with E-state index in [1.54, 1.807) is 36.5 Å². The first kappa shape index (κ1) is 22.4. The second-order valence-corrected chi connectivity index (χ2v) is 10.5. The Hall–Kier alpha value is -3.42. The number of nitriles is 1. The summed E-state index contributed by atoms with van der Waals surface area (Å²) in [5.41, 5.74) is 2.75. The zero-order valence-corrected chi connectivity index (χ0v) is 19.7. The molecule has 1 aromatic carbocycles. The SMILES string of the molecule is Cc1ccc(S(=O)(=O)n2ccc3c2ncc2nc(CCO)n(N4CCC(CC#N)CC4)c23)cc1. The highest BCUT2D eigenvalue weighted by Crippen LogP contribution is 2.30. The minimum atomic E-state index is -3.82. The lowest BCUT2D eigenvalue weighted by atomic mass is 9.95. The summed E-state index contributed by atoms with van der Waals surface area (Å²) in [6.45, 7) is 3.37. The van der Waals surface area contributed by atoms with Crippen LogP contribution in [0.3, 0.4) is 0 Å². The maximum atomic E-state index is 13.4. The number of imidazole rings is 1. The molecule has 4 aromatic rings. The highest BCUT2D eigenvalue weighted by atomic mass is 32.2. The van der Waals surface area contributed by atoms with Crippen LogP contribution in [0.2, 0.25) is 0 Å². The third-order valence-corrected chi connectivity index (χ3v) is 8.19. The van der Waals surface area contributed by atoms with Crippen molar-refractivity contribution < 1.29 is 13.5 Å². The molecule has 0 saturated carbocycles. The van der Waals surface area contributed by atoms with E-state index in [2.05, 4.69) is 16.1 Å². The van der Waals surface area contributed by atoms with Crippen LogP contribution in [0.5, 0.6) is 0 Å². The van der Waals surface area contributed by atoms with Gasteiger partial charge in [-0.2, -0.15) is 5.26 Å². The van der Waals surface area contributed by atoms with Crippen molar-refractivity contribution in [2.24, 2.45) is 5.92 Å². The molecule has 176 valence electrons.